The summed E-state index contributed by atoms with van der Waals surface area (Å²) in [6, 6.07) is 14.3. The van der Waals surface area contributed by atoms with Crippen molar-refractivity contribution >= 4 is 23.3 Å². The molecular weight excluding hydrogens is 404 g/mol. The van der Waals surface area contributed by atoms with Gasteiger partial charge in [0, 0.05) is 23.5 Å². The molecule has 0 radical (unpaired) electrons. The predicted molar refractivity (Wildman–Crippen MR) is 126 cm³/mol. The van der Waals surface area contributed by atoms with Crippen LogP contribution in [0.5, 0.6) is 0 Å². The normalized spacial score (nSPS) is 11.8. The zero-order chi connectivity index (χ0) is 23.4. The van der Waals surface area contributed by atoms with Crippen molar-refractivity contribution in [2.24, 2.45) is 0 Å². The second-order valence-corrected chi connectivity index (χ2v) is 8.12. The maximum atomic E-state index is 12.5. The number of rotatable bonds is 6. The number of anilines is 2. The Labute approximate surface area is 187 Å². The van der Waals surface area contributed by atoms with Crippen molar-refractivity contribution in [1.82, 2.24) is 10.3 Å². The highest BCUT2D eigenvalue weighted by Crippen LogP contribution is 2.28. The summed E-state index contributed by atoms with van der Waals surface area (Å²) in [4.78, 5) is 29.1. The van der Waals surface area contributed by atoms with Crippen molar-refractivity contribution in [3.05, 3.63) is 77.0 Å². The molecule has 1 aromatic heterocycles. The summed E-state index contributed by atoms with van der Waals surface area (Å²) < 4.78 is 0. The van der Waals surface area contributed by atoms with Crippen LogP contribution in [0.4, 0.5) is 11.5 Å². The van der Waals surface area contributed by atoms with Crippen LogP contribution in [-0.4, -0.2) is 27.9 Å². The van der Waals surface area contributed by atoms with Crippen LogP contribution < -0.4 is 16.4 Å². The number of aliphatic hydroxyl groups excluding tert-OH is 1. The predicted octanol–water partition coefficient (Wildman–Crippen LogP) is 3.76. The number of carbonyl (C=O) groups is 2. The van der Waals surface area contributed by atoms with Gasteiger partial charge in [0.2, 0.25) is 0 Å². The zero-order valence-electron chi connectivity index (χ0n) is 18.6. The van der Waals surface area contributed by atoms with Crippen LogP contribution in [0.15, 0.2) is 54.7 Å². The van der Waals surface area contributed by atoms with Gasteiger partial charge in [0.25, 0.3) is 11.8 Å². The van der Waals surface area contributed by atoms with E-state index in [4.69, 9.17) is 5.73 Å². The molecule has 0 bridgehead atoms. The number of hydrogen-bond donors (Lipinski definition) is 4. The smallest absolute Gasteiger partial charge is 0.257 e. The van der Waals surface area contributed by atoms with Gasteiger partial charge in [-0.15, -0.1) is 0 Å². The monoisotopic (exact) mass is 432 g/mol. The van der Waals surface area contributed by atoms with Crippen LogP contribution >= 0.6 is 0 Å². The van der Waals surface area contributed by atoms with Crippen LogP contribution in [0.3, 0.4) is 0 Å². The van der Waals surface area contributed by atoms with Crippen molar-refractivity contribution in [3.63, 3.8) is 0 Å². The third-order valence-corrected chi connectivity index (χ3v) is 4.99. The van der Waals surface area contributed by atoms with Crippen LogP contribution in [0.1, 0.15) is 47.0 Å². The Kier molecular flexibility index (Phi) is 6.90. The SMILES string of the molecule is Cc1cccc([C@H](O)C(=O)Nc2ccc(-c3cnc(N)c(C(=O)NC(C)C)c3)c(C)c2)c1. The highest BCUT2D eigenvalue weighted by atomic mass is 16.3. The summed E-state index contributed by atoms with van der Waals surface area (Å²) in [6.07, 6.45) is 0.349. The fourth-order valence-corrected chi connectivity index (χ4v) is 3.41. The first kappa shape index (κ1) is 23.0. The van der Waals surface area contributed by atoms with E-state index in [1.807, 2.05) is 39.8 Å². The van der Waals surface area contributed by atoms with Crippen LogP contribution in [0.25, 0.3) is 11.1 Å². The number of amides is 2. The van der Waals surface area contributed by atoms with Crippen molar-refractivity contribution in [2.45, 2.75) is 39.8 Å². The molecule has 7 heteroatoms. The molecule has 0 aliphatic heterocycles. The molecule has 0 aliphatic carbocycles. The number of benzene rings is 2. The Hall–Kier alpha value is -3.71. The standard InChI is InChI=1S/C25H28N4O3/c1-14(2)28-24(31)21-12-18(13-27-23(21)26)20-9-8-19(11-16(20)4)29-25(32)22(30)17-7-5-6-15(3)10-17/h5-14,22,30H,1-4H3,(H2,26,27)(H,28,31)(H,29,32)/t22-/m0/s1. The van der Waals surface area contributed by atoms with Crippen molar-refractivity contribution in [2.75, 3.05) is 11.1 Å². The lowest BCUT2D eigenvalue weighted by atomic mass is 9.99. The van der Waals surface area contributed by atoms with E-state index in [9.17, 15) is 14.7 Å². The molecule has 5 N–H and O–H groups in total. The minimum atomic E-state index is -1.27. The summed E-state index contributed by atoms with van der Waals surface area (Å²) in [5.41, 5.74) is 10.7. The van der Waals surface area contributed by atoms with E-state index in [2.05, 4.69) is 15.6 Å². The molecule has 3 aromatic rings. The van der Waals surface area contributed by atoms with Gasteiger partial charge in [0.15, 0.2) is 6.10 Å². The quantitative estimate of drug-likeness (QED) is 0.473. The van der Waals surface area contributed by atoms with Gasteiger partial charge in [-0.2, -0.15) is 0 Å². The molecule has 1 atom stereocenters. The molecule has 0 saturated heterocycles. The first-order chi connectivity index (χ1) is 15.2. The summed E-state index contributed by atoms with van der Waals surface area (Å²) in [6.45, 7) is 7.54. The van der Waals surface area contributed by atoms with E-state index in [0.717, 1.165) is 22.3 Å². The maximum absolute atomic E-state index is 12.5. The van der Waals surface area contributed by atoms with Gasteiger partial charge in [-0.25, -0.2) is 4.98 Å². The van der Waals surface area contributed by atoms with Gasteiger partial charge in [0.1, 0.15) is 5.82 Å². The molecule has 0 saturated carbocycles. The number of nitrogen functional groups attached to an aromatic ring is 1. The molecule has 0 fully saturated rings. The van der Waals surface area contributed by atoms with E-state index < -0.39 is 12.0 Å². The number of aryl methyl sites for hydroxylation is 2. The van der Waals surface area contributed by atoms with E-state index in [0.29, 0.717) is 16.8 Å². The minimum absolute atomic E-state index is 0.0228. The van der Waals surface area contributed by atoms with Crippen molar-refractivity contribution in [1.29, 1.82) is 0 Å². The molecule has 0 unspecified atom stereocenters. The second-order valence-electron chi connectivity index (χ2n) is 8.12. The Morgan fingerprint density at radius 2 is 1.81 bits per heavy atom. The lowest BCUT2D eigenvalue weighted by Crippen LogP contribution is -2.30. The van der Waals surface area contributed by atoms with Gasteiger partial charge in [-0.1, -0.05) is 35.9 Å². The Bertz CT molecular complexity index is 1160. The molecule has 0 aliphatic rings. The molecule has 1 heterocycles. The highest BCUT2D eigenvalue weighted by Gasteiger charge is 2.18. The fourth-order valence-electron chi connectivity index (χ4n) is 3.41. The average molecular weight is 433 g/mol. The van der Waals surface area contributed by atoms with E-state index in [-0.39, 0.29) is 17.8 Å². The first-order valence-electron chi connectivity index (χ1n) is 10.4. The third-order valence-electron chi connectivity index (χ3n) is 4.99. The number of aromatic nitrogens is 1. The number of nitrogens with two attached hydrogens (primary N) is 1. The Morgan fingerprint density at radius 1 is 1.06 bits per heavy atom. The zero-order valence-corrected chi connectivity index (χ0v) is 18.6. The number of carbonyl (C=O) groups excluding carboxylic acids is 2. The maximum Gasteiger partial charge on any atom is 0.257 e. The van der Waals surface area contributed by atoms with Crippen LogP contribution in [0, 0.1) is 13.8 Å². The number of aliphatic hydroxyl groups is 1. The lowest BCUT2D eigenvalue weighted by molar-refractivity contribution is -0.124. The fraction of sp³-hybridized carbons (Fsp3) is 0.240. The number of pyridine rings is 1. The molecule has 0 spiro atoms. The largest absolute Gasteiger partial charge is 0.383 e. The number of nitrogens with zero attached hydrogens (tertiary/aromatic N) is 1. The summed E-state index contributed by atoms with van der Waals surface area (Å²) in [5.74, 6) is -0.623. The second kappa shape index (κ2) is 9.62. The van der Waals surface area contributed by atoms with Gasteiger partial charge in [0.05, 0.1) is 5.56 Å². The third kappa shape index (κ3) is 5.31. The molecule has 3 rings (SSSR count). The van der Waals surface area contributed by atoms with Crippen molar-refractivity contribution in [3.8, 4) is 11.1 Å². The van der Waals surface area contributed by atoms with Crippen molar-refractivity contribution < 1.29 is 14.7 Å². The van der Waals surface area contributed by atoms with Gasteiger partial charge in [-0.05, 0) is 62.6 Å². The summed E-state index contributed by atoms with van der Waals surface area (Å²) in [7, 11) is 0. The van der Waals surface area contributed by atoms with Crippen LogP contribution in [0.2, 0.25) is 0 Å². The topological polar surface area (TPSA) is 117 Å². The van der Waals surface area contributed by atoms with E-state index >= 15 is 0 Å². The highest BCUT2D eigenvalue weighted by molar-refractivity contribution is 6.00. The number of hydrogen-bond acceptors (Lipinski definition) is 5. The number of nitrogens with one attached hydrogen (secondary N) is 2. The average Bonchev–Trinajstić information content (AvgIpc) is 2.73. The molecular formula is C25H28N4O3. The molecule has 32 heavy (non-hydrogen) atoms. The first-order valence-corrected chi connectivity index (χ1v) is 10.4. The lowest BCUT2D eigenvalue weighted by Gasteiger charge is -2.15. The Morgan fingerprint density at radius 3 is 2.47 bits per heavy atom. The van der Waals surface area contributed by atoms with E-state index in [1.165, 1.54) is 0 Å². The summed E-state index contributed by atoms with van der Waals surface area (Å²) >= 11 is 0. The van der Waals surface area contributed by atoms with Gasteiger partial charge >= 0.3 is 0 Å². The Balaban J connectivity index is 1.81. The summed E-state index contributed by atoms with van der Waals surface area (Å²) in [5, 5.41) is 15.9. The minimum Gasteiger partial charge on any atom is -0.383 e. The molecule has 2 amide bonds. The van der Waals surface area contributed by atoms with Gasteiger partial charge in [-0.3, -0.25) is 9.59 Å². The molecule has 7 nitrogen and oxygen atoms in total. The van der Waals surface area contributed by atoms with Gasteiger partial charge < -0.3 is 21.5 Å². The molecule has 2 aromatic carbocycles. The van der Waals surface area contributed by atoms with E-state index in [1.54, 1.807) is 42.6 Å². The molecule has 166 valence electrons. The van der Waals surface area contributed by atoms with Crippen LogP contribution in [-0.2, 0) is 4.79 Å².